The van der Waals surface area contributed by atoms with Gasteiger partial charge in [0, 0.05) is 6.08 Å². The van der Waals surface area contributed by atoms with E-state index >= 15 is 0 Å². The first kappa shape index (κ1) is 21.2. The summed E-state index contributed by atoms with van der Waals surface area (Å²) in [4.78, 5) is 23.1. The van der Waals surface area contributed by atoms with Crippen LogP contribution in [0.2, 0.25) is 0 Å². The van der Waals surface area contributed by atoms with E-state index in [1.165, 1.54) is 19.4 Å². The molecule has 2 aromatic rings. The zero-order chi connectivity index (χ0) is 21.5. The van der Waals surface area contributed by atoms with Crippen molar-refractivity contribution in [3.05, 3.63) is 76.2 Å². The topological polar surface area (TPSA) is 89.3 Å². The molecule has 2 aromatic carbocycles. The molecule has 1 aliphatic rings. The lowest BCUT2D eigenvalue weighted by atomic mass is 10.2. The minimum atomic E-state index is -0.680. The summed E-state index contributed by atoms with van der Waals surface area (Å²) < 4.78 is 37.3. The Morgan fingerprint density at radius 3 is 2.67 bits per heavy atom. The minimum Gasteiger partial charge on any atom is -0.489 e. The van der Waals surface area contributed by atoms with Gasteiger partial charge in [-0.2, -0.15) is 5.10 Å². The molecule has 1 heterocycles. The van der Waals surface area contributed by atoms with Crippen molar-refractivity contribution in [3.8, 4) is 5.75 Å². The molecule has 1 amide bonds. The van der Waals surface area contributed by atoms with Crippen LogP contribution in [-0.2, 0) is 20.9 Å². The lowest BCUT2D eigenvalue weighted by Gasteiger charge is -2.08. The molecule has 0 aliphatic carbocycles. The molecular weight excluding hydrogens is 416 g/mol. The summed E-state index contributed by atoms with van der Waals surface area (Å²) in [5, 5.41) is 10.4. The molecule has 0 radical (unpaired) electrons. The molecule has 154 valence electrons. The molecule has 1 saturated heterocycles. The van der Waals surface area contributed by atoms with E-state index in [1.54, 1.807) is 24.3 Å². The number of halogens is 2. The highest BCUT2D eigenvalue weighted by Crippen LogP contribution is 2.23. The molecule has 0 bridgehead atoms. The maximum atomic E-state index is 13.7. The van der Waals surface area contributed by atoms with Gasteiger partial charge in [-0.15, -0.1) is 5.10 Å². The fourth-order valence-electron chi connectivity index (χ4n) is 2.30. The number of thioether (sulfide) groups is 1. The van der Waals surface area contributed by atoms with E-state index in [0.717, 1.165) is 30.0 Å². The predicted octanol–water partition coefficient (Wildman–Crippen LogP) is 3.15. The number of hydrogen-bond acceptors (Lipinski definition) is 7. The summed E-state index contributed by atoms with van der Waals surface area (Å²) in [6.07, 6.45) is 2.48. The van der Waals surface area contributed by atoms with E-state index < -0.39 is 23.5 Å². The first-order valence-electron chi connectivity index (χ1n) is 8.52. The van der Waals surface area contributed by atoms with Crippen molar-refractivity contribution in [1.29, 1.82) is 0 Å². The van der Waals surface area contributed by atoms with Gasteiger partial charge in [-0.25, -0.2) is 13.6 Å². The van der Waals surface area contributed by atoms with Crippen molar-refractivity contribution in [2.75, 3.05) is 7.11 Å². The van der Waals surface area contributed by atoms with Gasteiger partial charge in [0.1, 0.15) is 24.0 Å². The summed E-state index contributed by atoms with van der Waals surface area (Å²) >= 11 is 0.949. The number of carbonyl (C=O) groups excluding carboxylic acids is 2. The van der Waals surface area contributed by atoms with Crippen LogP contribution in [0.25, 0.3) is 0 Å². The van der Waals surface area contributed by atoms with Gasteiger partial charge in [0.15, 0.2) is 5.17 Å². The lowest BCUT2D eigenvalue weighted by molar-refractivity contribution is -0.135. The number of esters is 1. The van der Waals surface area contributed by atoms with Gasteiger partial charge >= 0.3 is 5.97 Å². The summed E-state index contributed by atoms with van der Waals surface area (Å²) in [5.74, 6) is -2.10. The number of rotatable bonds is 6. The molecule has 0 atom stereocenters. The predicted molar refractivity (Wildman–Crippen MR) is 108 cm³/mol. The SMILES string of the molecule is COC(=O)/C=C1/S/C(=N\N=Cc2cccc(OCc3c(F)cccc3F)c2)NC1=O. The zero-order valence-corrected chi connectivity index (χ0v) is 16.4. The molecule has 0 unspecified atom stereocenters. The normalized spacial score (nSPS) is 16.3. The number of nitrogens with zero attached hydrogens (tertiary/aromatic N) is 2. The Morgan fingerprint density at radius 1 is 1.20 bits per heavy atom. The van der Waals surface area contributed by atoms with Crippen LogP contribution >= 0.6 is 11.8 Å². The van der Waals surface area contributed by atoms with Crippen molar-refractivity contribution in [3.63, 3.8) is 0 Å². The second-order valence-electron chi connectivity index (χ2n) is 5.80. The number of carbonyl (C=O) groups is 2. The maximum absolute atomic E-state index is 13.7. The van der Waals surface area contributed by atoms with Crippen LogP contribution in [0.15, 0.2) is 63.6 Å². The smallest absolute Gasteiger partial charge is 0.331 e. The highest BCUT2D eigenvalue weighted by molar-refractivity contribution is 8.18. The number of nitrogens with one attached hydrogen (secondary N) is 1. The Kier molecular flexibility index (Phi) is 6.91. The van der Waals surface area contributed by atoms with E-state index in [-0.39, 0.29) is 22.2 Å². The van der Waals surface area contributed by atoms with Crippen LogP contribution < -0.4 is 10.1 Å². The number of benzene rings is 2. The van der Waals surface area contributed by atoms with E-state index in [4.69, 9.17) is 4.74 Å². The van der Waals surface area contributed by atoms with Crippen LogP contribution in [0, 0.1) is 11.6 Å². The lowest BCUT2D eigenvalue weighted by Crippen LogP contribution is -2.19. The molecule has 3 rings (SSSR count). The van der Waals surface area contributed by atoms with Crippen LogP contribution in [-0.4, -0.2) is 30.4 Å². The highest BCUT2D eigenvalue weighted by atomic mass is 32.2. The third-order valence-corrected chi connectivity index (χ3v) is 4.66. The van der Waals surface area contributed by atoms with Gasteiger partial charge in [-0.3, -0.25) is 10.1 Å². The van der Waals surface area contributed by atoms with Crippen LogP contribution in [0.5, 0.6) is 5.75 Å². The van der Waals surface area contributed by atoms with E-state index in [0.29, 0.717) is 11.3 Å². The molecule has 0 saturated carbocycles. The Labute approximate surface area is 174 Å². The molecule has 10 heteroatoms. The Hall–Kier alpha value is -3.53. The second-order valence-corrected chi connectivity index (χ2v) is 6.83. The van der Waals surface area contributed by atoms with E-state index in [2.05, 4.69) is 20.3 Å². The van der Waals surface area contributed by atoms with Gasteiger partial charge in [-0.05, 0) is 41.6 Å². The standard InChI is InChI=1S/C20H15F2N3O4S/c1-28-18(26)9-17-19(27)24-20(30-17)25-23-10-12-4-2-5-13(8-12)29-11-14-15(21)6-3-7-16(14)22/h2-10H,11H2,1H3,(H,24,25,27)/b17-9+,23-10?. The second kappa shape index (κ2) is 9.79. The van der Waals surface area contributed by atoms with Gasteiger partial charge in [-0.1, -0.05) is 18.2 Å². The van der Waals surface area contributed by atoms with Crippen molar-refractivity contribution < 1.29 is 27.8 Å². The summed E-state index contributed by atoms with van der Waals surface area (Å²) in [6, 6.07) is 10.3. The monoisotopic (exact) mass is 431 g/mol. The summed E-state index contributed by atoms with van der Waals surface area (Å²) in [5.41, 5.74) is 0.457. The van der Waals surface area contributed by atoms with Crippen LogP contribution in [0.3, 0.4) is 0 Å². The molecule has 1 aliphatic heterocycles. The van der Waals surface area contributed by atoms with Crippen LogP contribution in [0.1, 0.15) is 11.1 Å². The first-order valence-corrected chi connectivity index (χ1v) is 9.33. The van der Waals surface area contributed by atoms with E-state index in [1.807, 2.05) is 0 Å². The fourth-order valence-corrected chi connectivity index (χ4v) is 3.04. The van der Waals surface area contributed by atoms with Gasteiger partial charge in [0.25, 0.3) is 5.91 Å². The Balaban J connectivity index is 1.63. The summed E-state index contributed by atoms with van der Waals surface area (Å²) in [7, 11) is 1.21. The highest BCUT2D eigenvalue weighted by Gasteiger charge is 2.25. The average molecular weight is 431 g/mol. The number of amides is 1. The Morgan fingerprint density at radius 2 is 1.93 bits per heavy atom. The maximum Gasteiger partial charge on any atom is 0.331 e. The number of methoxy groups -OCH3 is 1. The first-order chi connectivity index (χ1) is 14.5. The van der Waals surface area contributed by atoms with Gasteiger partial charge < -0.3 is 9.47 Å². The van der Waals surface area contributed by atoms with Crippen LogP contribution in [0.4, 0.5) is 8.78 Å². The third kappa shape index (κ3) is 5.51. The van der Waals surface area contributed by atoms with E-state index in [9.17, 15) is 18.4 Å². The molecule has 1 fully saturated rings. The third-order valence-electron chi connectivity index (χ3n) is 3.76. The molecule has 7 nitrogen and oxygen atoms in total. The molecule has 1 N–H and O–H groups in total. The molecule has 0 aromatic heterocycles. The zero-order valence-electron chi connectivity index (χ0n) is 15.6. The van der Waals surface area contributed by atoms with Gasteiger partial charge in [0.2, 0.25) is 0 Å². The number of ether oxygens (including phenoxy) is 2. The number of amidine groups is 1. The summed E-state index contributed by atoms with van der Waals surface area (Å²) in [6.45, 7) is -0.265. The quantitative estimate of drug-likeness (QED) is 0.329. The van der Waals surface area contributed by atoms with Gasteiger partial charge in [0.05, 0.1) is 23.8 Å². The molecular formula is C20H15F2N3O4S. The molecule has 0 spiro atoms. The average Bonchev–Trinajstić information content (AvgIpc) is 3.07. The molecule has 30 heavy (non-hydrogen) atoms. The number of hydrogen-bond donors (Lipinski definition) is 1. The van der Waals surface area contributed by atoms with Crippen molar-refractivity contribution in [1.82, 2.24) is 5.32 Å². The van der Waals surface area contributed by atoms with Crippen molar-refractivity contribution in [2.45, 2.75) is 6.61 Å². The fraction of sp³-hybridized carbons (Fsp3) is 0.100. The largest absolute Gasteiger partial charge is 0.489 e. The minimum absolute atomic E-state index is 0.145. The van der Waals surface area contributed by atoms with Crippen molar-refractivity contribution in [2.24, 2.45) is 10.2 Å². The Bertz CT molecular complexity index is 1050. The van der Waals surface area contributed by atoms with Crippen molar-refractivity contribution >= 4 is 35.0 Å².